The third-order valence-electron chi connectivity index (χ3n) is 1.85. The van der Waals surface area contributed by atoms with E-state index >= 15 is 0 Å². The number of methoxy groups -OCH3 is 1. The average molecular weight is 224 g/mol. The molecule has 14 heavy (non-hydrogen) atoms. The van der Waals surface area contributed by atoms with Crippen LogP contribution in [0.4, 0.5) is 0 Å². The van der Waals surface area contributed by atoms with Gasteiger partial charge in [-0.05, 0) is 6.42 Å². The van der Waals surface area contributed by atoms with Crippen molar-refractivity contribution in [1.82, 2.24) is 0 Å². The Bertz CT molecular complexity index is 129. The lowest BCUT2D eigenvalue weighted by Crippen LogP contribution is -2.40. The molecule has 5 nitrogen and oxygen atoms in total. The molecule has 0 atom stereocenters. The van der Waals surface area contributed by atoms with Crippen LogP contribution >= 0.6 is 0 Å². The Hall–Kier alpha value is 0.0169. The predicted molar refractivity (Wildman–Crippen MR) is 54.1 cm³/mol. The van der Waals surface area contributed by atoms with Gasteiger partial charge in [0.25, 0.3) is 0 Å². The van der Waals surface area contributed by atoms with Gasteiger partial charge >= 0.3 is 8.80 Å². The maximum absolute atomic E-state index is 9.65. The van der Waals surface area contributed by atoms with Gasteiger partial charge in [0.15, 0.2) is 0 Å². The van der Waals surface area contributed by atoms with E-state index < -0.39 is 8.80 Å². The molecule has 0 aliphatic heterocycles. The Morgan fingerprint density at radius 1 is 1.00 bits per heavy atom. The summed E-state index contributed by atoms with van der Waals surface area (Å²) in [4.78, 5) is 9.65. The maximum atomic E-state index is 9.65. The van der Waals surface area contributed by atoms with Crippen LogP contribution in [0.2, 0.25) is 6.04 Å². The summed E-state index contributed by atoms with van der Waals surface area (Å²) in [7, 11) is 1.67. The van der Waals surface area contributed by atoms with Crippen LogP contribution in [-0.4, -0.2) is 54.8 Å². The summed E-state index contributed by atoms with van der Waals surface area (Å²) in [6.45, 7) is 1.76. The molecule has 86 valence electrons. The second-order valence-electron chi connectivity index (χ2n) is 2.83. The Labute approximate surface area is 86.3 Å². The molecule has 0 aromatic carbocycles. The lowest BCUT2D eigenvalue weighted by Gasteiger charge is -2.19. The Balaban J connectivity index is 3.34. The van der Waals surface area contributed by atoms with Crippen LogP contribution in [-0.2, 0) is 18.3 Å². The molecule has 0 fully saturated rings. The first kappa shape index (κ1) is 14.0. The average Bonchev–Trinajstić information content (AvgIpc) is 2.23. The third-order valence-corrected chi connectivity index (χ3v) is 4.11. The first-order valence-corrected chi connectivity index (χ1v) is 6.55. The molecule has 6 heteroatoms. The van der Waals surface area contributed by atoms with Crippen molar-refractivity contribution in [3.8, 4) is 0 Å². The number of hydrogen-bond acceptors (Lipinski definition) is 5. The summed E-state index contributed by atoms with van der Waals surface area (Å²) in [5.74, 6) is 0. The fourth-order valence-electron chi connectivity index (χ4n) is 0.929. The van der Waals surface area contributed by atoms with Gasteiger partial charge in [-0.2, -0.15) is 0 Å². The number of ether oxygens (including phenoxy) is 2. The van der Waals surface area contributed by atoms with E-state index in [0.29, 0.717) is 25.9 Å². The molecule has 0 spiro atoms. The zero-order valence-electron chi connectivity index (χ0n) is 9.12. The van der Waals surface area contributed by atoms with Crippen LogP contribution in [0.1, 0.15) is 6.42 Å². The van der Waals surface area contributed by atoms with Crippen molar-refractivity contribution < 1.29 is 23.1 Å². The van der Waals surface area contributed by atoms with E-state index in [-0.39, 0.29) is 0 Å². The van der Waals surface area contributed by atoms with E-state index in [0.717, 1.165) is 6.42 Å². The molecule has 0 rings (SSSR count). The summed E-state index contributed by atoms with van der Waals surface area (Å²) in [6.07, 6.45) is 0.730. The summed E-state index contributed by atoms with van der Waals surface area (Å²) in [5, 5.41) is 0. The fourth-order valence-corrected chi connectivity index (χ4v) is 2.10. The summed E-state index contributed by atoms with van der Waals surface area (Å²) >= 11 is 0. The van der Waals surface area contributed by atoms with Gasteiger partial charge in [0.05, 0.1) is 13.2 Å². The molecule has 0 aromatic heterocycles. The Morgan fingerprint density at radius 3 is 2.14 bits per heavy atom. The van der Waals surface area contributed by atoms with Gasteiger partial charge in [-0.1, -0.05) is 0 Å². The predicted octanol–water partition coefficient (Wildman–Crippen LogP) is 0.263. The van der Waals surface area contributed by atoms with E-state index in [1.807, 2.05) is 0 Å². The van der Waals surface area contributed by atoms with Gasteiger partial charge in [0, 0.05) is 34.0 Å². The molecule has 0 saturated heterocycles. The minimum atomic E-state index is -2.88. The first-order valence-electron chi connectivity index (χ1n) is 4.58. The van der Waals surface area contributed by atoms with Crippen molar-refractivity contribution in [3.05, 3.63) is 0 Å². The van der Waals surface area contributed by atoms with Crippen molar-refractivity contribution in [1.29, 1.82) is 0 Å². The standard InChI is InChI=1S/C8H20O5Si/c1-10-6-7-13-5-4-8-14(9,11-2)12-3/h9H,4-8H2,1-3H3. The first-order chi connectivity index (χ1) is 6.68. The number of hydrogen-bond donors (Lipinski definition) is 1. The molecule has 0 heterocycles. The van der Waals surface area contributed by atoms with Crippen molar-refractivity contribution in [2.45, 2.75) is 12.5 Å². The Kier molecular flexibility index (Phi) is 8.35. The van der Waals surface area contributed by atoms with E-state index in [4.69, 9.17) is 18.3 Å². The lowest BCUT2D eigenvalue weighted by molar-refractivity contribution is 0.0680. The molecule has 0 aliphatic carbocycles. The Morgan fingerprint density at radius 2 is 1.64 bits per heavy atom. The van der Waals surface area contributed by atoms with Crippen LogP contribution in [0.3, 0.4) is 0 Å². The minimum Gasteiger partial charge on any atom is -0.390 e. The van der Waals surface area contributed by atoms with Crippen molar-refractivity contribution in [3.63, 3.8) is 0 Å². The normalized spacial score (nSPS) is 12.0. The van der Waals surface area contributed by atoms with Crippen molar-refractivity contribution >= 4 is 8.80 Å². The molecule has 0 unspecified atom stereocenters. The molecule has 0 aliphatic rings. The number of rotatable bonds is 9. The van der Waals surface area contributed by atoms with Crippen molar-refractivity contribution in [2.75, 3.05) is 41.2 Å². The molecule has 0 saturated carbocycles. The highest BCUT2D eigenvalue weighted by atomic mass is 28.4. The maximum Gasteiger partial charge on any atom is 0.497 e. The molecule has 0 aromatic rings. The second kappa shape index (κ2) is 8.34. The quantitative estimate of drug-likeness (QED) is 0.450. The van der Waals surface area contributed by atoms with Crippen LogP contribution in [0.5, 0.6) is 0 Å². The topological polar surface area (TPSA) is 57.2 Å². The summed E-state index contributed by atoms with van der Waals surface area (Å²) < 4.78 is 19.9. The third kappa shape index (κ3) is 6.47. The van der Waals surface area contributed by atoms with Gasteiger partial charge in [0.2, 0.25) is 0 Å². The van der Waals surface area contributed by atoms with Crippen LogP contribution in [0.25, 0.3) is 0 Å². The van der Waals surface area contributed by atoms with Crippen LogP contribution in [0, 0.1) is 0 Å². The van der Waals surface area contributed by atoms with Gasteiger partial charge in [-0.3, -0.25) is 0 Å². The molecule has 0 radical (unpaired) electrons. The van der Waals surface area contributed by atoms with E-state index in [2.05, 4.69) is 0 Å². The highest BCUT2D eigenvalue weighted by Gasteiger charge is 2.33. The smallest absolute Gasteiger partial charge is 0.390 e. The van der Waals surface area contributed by atoms with Gasteiger partial charge in [-0.25, -0.2) is 0 Å². The highest BCUT2D eigenvalue weighted by Crippen LogP contribution is 2.09. The van der Waals surface area contributed by atoms with Crippen LogP contribution < -0.4 is 0 Å². The SMILES string of the molecule is COCCOCCC[Si](O)(OC)OC. The van der Waals surface area contributed by atoms with E-state index in [1.165, 1.54) is 14.2 Å². The molecule has 0 amide bonds. The summed E-state index contributed by atoms with van der Waals surface area (Å²) in [6, 6.07) is 0.521. The monoisotopic (exact) mass is 224 g/mol. The zero-order chi connectivity index (χ0) is 10.9. The van der Waals surface area contributed by atoms with Crippen molar-refractivity contribution in [2.24, 2.45) is 0 Å². The molecule has 1 N–H and O–H groups in total. The van der Waals surface area contributed by atoms with Gasteiger partial charge < -0.3 is 23.1 Å². The summed E-state index contributed by atoms with van der Waals surface area (Å²) in [5.41, 5.74) is 0. The van der Waals surface area contributed by atoms with Gasteiger partial charge in [-0.15, -0.1) is 0 Å². The minimum absolute atomic E-state index is 0.521. The largest absolute Gasteiger partial charge is 0.497 e. The fraction of sp³-hybridized carbons (Fsp3) is 1.00. The molecule has 0 bridgehead atoms. The molecular formula is C8H20O5Si. The highest BCUT2D eigenvalue weighted by molar-refractivity contribution is 6.59. The van der Waals surface area contributed by atoms with E-state index in [9.17, 15) is 4.80 Å². The van der Waals surface area contributed by atoms with Gasteiger partial charge in [0.1, 0.15) is 0 Å². The molecular weight excluding hydrogens is 204 g/mol. The second-order valence-corrected chi connectivity index (χ2v) is 5.57. The van der Waals surface area contributed by atoms with E-state index in [1.54, 1.807) is 7.11 Å². The zero-order valence-corrected chi connectivity index (χ0v) is 10.1. The lowest BCUT2D eigenvalue weighted by atomic mass is 10.5. The van der Waals surface area contributed by atoms with Crippen LogP contribution in [0.15, 0.2) is 0 Å².